The number of hydrogen-bond donors (Lipinski definition) is 0. The zero-order valence-corrected chi connectivity index (χ0v) is 15.3. The molecule has 1 fully saturated rings. The van der Waals surface area contributed by atoms with Gasteiger partial charge in [-0.2, -0.15) is 5.26 Å². The summed E-state index contributed by atoms with van der Waals surface area (Å²) < 4.78 is 31.8. The molecule has 0 bridgehead atoms. The van der Waals surface area contributed by atoms with E-state index < -0.39 is 26.4 Å². The van der Waals surface area contributed by atoms with Crippen LogP contribution in [0.15, 0.2) is 59.5 Å². The molecule has 0 unspecified atom stereocenters. The van der Waals surface area contributed by atoms with Gasteiger partial charge in [0.15, 0.2) is 9.84 Å². The molecule has 0 N–H and O–H groups in total. The normalized spacial score (nSPS) is 25.3. The highest BCUT2D eigenvalue weighted by molar-refractivity contribution is 7.92. The van der Waals surface area contributed by atoms with E-state index in [0.717, 1.165) is 5.56 Å². The van der Waals surface area contributed by atoms with Gasteiger partial charge in [0, 0.05) is 17.5 Å². The monoisotopic (exact) mass is 375 g/mol. The fraction of sp³-hybridized carbons (Fsp3) is 0.316. The molecule has 6 heteroatoms. The number of nitriles is 1. The van der Waals surface area contributed by atoms with Crippen molar-refractivity contribution in [1.82, 2.24) is 0 Å². The van der Waals surface area contributed by atoms with Crippen molar-refractivity contribution in [3.8, 4) is 6.07 Å². The summed E-state index contributed by atoms with van der Waals surface area (Å²) in [5, 5.41) is 9.50. The molecule has 1 aliphatic carbocycles. The molecule has 0 amide bonds. The topological polar surface area (TPSA) is 67.2 Å². The van der Waals surface area contributed by atoms with E-state index in [0.29, 0.717) is 11.6 Å². The zero-order valence-electron chi connectivity index (χ0n) is 13.7. The number of benzene rings is 2. The van der Waals surface area contributed by atoms with Gasteiger partial charge in [-0.05, 0) is 36.8 Å². The molecule has 2 aromatic rings. The van der Waals surface area contributed by atoms with Gasteiger partial charge in [0.1, 0.15) is 5.41 Å². The van der Waals surface area contributed by atoms with Crippen molar-refractivity contribution in [2.45, 2.75) is 23.0 Å². The van der Waals surface area contributed by atoms with E-state index in [1.54, 1.807) is 48.5 Å². The molecule has 3 atom stereocenters. The van der Waals surface area contributed by atoms with Crippen molar-refractivity contribution in [3.63, 3.8) is 0 Å². The quantitative estimate of drug-likeness (QED) is 0.769. The fourth-order valence-corrected chi connectivity index (χ4v) is 5.93. The minimum atomic E-state index is -3.67. The molecule has 0 aliphatic heterocycles. The first-order valence-electron chi connectivity index (χ1n) is 8.01. The van der Waals surface area contributed by atoms with Crippen molar-refractivity contribution in [2.24, 2.45) is 5.41 Å². The molecule has 0 spiro atoms. The van der Waals surface area contributed by atoms with Gasteiger partial charge < -0.3 is 4.74 Å². The van der Waals surface area contributed by atoms with Crippen molar-refractivity contribution >= 4 is 21.4 Å². The van der Waals surface area contributed by atoms with Crippen molar-refractivity contribution in [2.75, 3.05) is 13.2 Å². The molecule has 25 heavy (non-hydrogen) atoms. The summed E-state index contributed by atoms with van der Waals surface area (Å²) in [6, 6.07) is 17.5. The number of ether oxygens (including phenoxy) is 1. The second-order valence-corrected chi connectivity index (χ2v) is 8.61. The molecule has 0 radical (unpaired) electrons. The summed E-state index contributed by atoms with van der Waals surface area (Å²) in [6.07, 6.45) is 0. The van der Waals surface area contributed by atoms with Crippen LogP contribution in [0.2, 0.25) is 5.02 Å². The second kappa shape index (κ2) is 6.80. The Bertz CT molecular complexity index is 908. The standard InChI is InChI=1S/C19H18ClNO3S/c1-2-24-13-19(12-21)17(14-7-6-8-15(20)11-14)18(19)25(22,23)16-9-4-3-5-10-16/h3-11,17-18H,2,13H2,1H3/t17-,18-,19+/m0/s1. The smallest absolute Gasteiger partial charge is 0.183 e. The first-order chi connectivity index (χ1) is 12.0. The summed E-state index contributed by atoms with van der Waals surface area (Å²) in [7, 11) is -3.67. The van der Waals surface area contributed by atoms with E-state index in [1.807, 2.05) is 13.0 Å². The molecular weight excluding hydrogens is 358 g/mol. The van der Waals surface area contributed by atoms with Crippen LogP contribution in [-0.2, 0) is 14.6 Å². The third-order valence-electron chi connectivity index (χ3n) is 4.62. The van der Waals surface area contributed by atoms with Crippen LogP contribution in [0.4, 0.5) is 0 Å². The maximum atomic E-state index is 13.2. The highest BCUT2D eigenvalue weighted by Gasteiger charge is 2.72. The van der Waals surface area contributed by atoms with Gasteiger partial charge in [-0.25, -0.2) is 8.42 Å². The summed E-state index contributed by atoms with van der Waals surface area (Å²) in [4.78, 5) is 0.223. The lowest BCUT2D eigenvalue weighted by molar-refractivity contribution is 0.117. The molecule has 0 saturated heterocycles. The Balaban J connectivity index is 2.08. The number of halogens is 1. The molecule has 4 nitrogen and oxygen atoms in total. The number of hydrogen-bond acceptors (Lipinski definition) is 4. The van der Waals surface area contributed by atoms with Crippen LogP contribution in [0.5, 0.6) is 0 Å². The third kappa shape index (κ3) is 3.06. The summed E-state index contributed by atoms with van der Waals surface area (Å²) in [5.74, 6) is -0.465. The van der Waals surface area contributed by atoms with Gasteiger partial charge in [-0.1, -0.05) is 41.9 Å². The molecule has 3 rings (SSSR count). The largest absolute Gasteiger partial charge is 0.380 e. The molecule has 2 aromatic carbocycles. The van der Waals surface area contributed by atoms with Crippen molar-refractivity contribution < 1.29 is 13.2 Å². The second-order valence-electron chi connectivity index (χ2n) is 6.10. The van der Waals surface area contributed by atoms with E-state index in [-0.39, 0.29) is 11.5 Å². The van der Waals surface area contributed by atoms with E-state index in [4.69, 9.17) is 16.3 Å². The minimum absolute atomic E-state index is 0.0773. The number of sulfone groups is 1. The van der Waals surface area contributed by atoms with Crippen LogP contribution in [0.3, 0.4) is 0 Å². The lowest BCUT2D eigenvalue weighted by Crippen LogP contribution is -2.19. The van der Waals surface area contributed by atoms with Crippen LogP contribution in [-0.4, -0.2) is 26.9 Å². The van der Waals surface area contributed by atoms with Gasteiger partial charge in [-0.15, -0.1) is 0 Å². The van der Waals surface area contributed by atoms with E-state index >= 15 is 0 Å². The minimum Gasteiger partial charge on any atom is -0.380 e. The van der Waals surface area contributed by atoms with Gasteiger partial charge in [0.25, 0.3) is 0 Å². The first kappa shape index (κ1) is 17.9. The van der Waals surface area contributed by atoms with Crippen molar-refractivity contribution in [1.29, 1.82) is 5.26 Å². The fourth-order valence-electron chi connectivity index (χ4n) is 3.40. The molecule has 0 heterocycles. The Morgan fingerprint density at radius 3 is 2.52 bits per heavy atom. The molecule has 1 aliphatic rings. The van der Waals surface area contributed by atoms with Gasteiger partial charge in [0.05, 0.1) is 22.8 Å². The SMILES string of the molecule is CCOC[C@]1(C#N)[C@@H](c2cccc(Cl)c2)[C@@H]1S(=O)(=O)c1ccccc1. The lowest BCUT2D eigenvalue weighted by atomic mass is 10.0. The van der Waals surface area contributed by atoms with Crippen LogP contribution in [0.1, 0.15) is 18.4 Å². The average Bonchev–Trinajstić information content (AvgIpc) is 3.31. The number of rotatable bonds is 6. The van der Waals surface area contributed by atoms with Gasteiger partial charge in [-0.3, -0.25) is 0 Å². The highest BCUT2D eigenvalue weighted by Crippen LogP contribution is 2.64. The molecule has 130 valence electrons. The van der Waals surface area contributed by atoms with Crippen LogP contribution in [0.25, 0.3) is 0 Å². The Hall–Kier alpha value is -1.87. The number of nitrogens with zero attached hydrogens (tertiary/aromatic N) is 1. The Kier molecular flexibility index (Phi) is 4.88. The summed E-state index contributed by atoms with van der Waals surface area (Å²) >= 11 is 6.07. The molecule has 1 saturated carbocycles. The van der Waals surface area contributed by atoms with Gasteiger partial charge >= 0.3 is 0 Å². The van der Waals surface area contributed by atoms with E-state index in [2.05, 4.69) is 6.07 Å². The maximum absolute atomic E-state index is 13.2. The Morgan fingerprint density at radius 2 is 1.92 bits per heavy atom. The van der Waals surface area contributed by atoms with Gasteiger partial charge in [0.2, 0.25) is 0 Å². The highest BCUT2D eigenvalue weighted by atomic mass is 35.5. The van der Waals surface area contributed by atoms with Crippen LogP contribution in [0, 0.1) is 16.7 Å². The first-order valence-corrected chi connectivity index (χ1v) is 9.93. The molecule has 0 aromatic heterocycles. The maximum Gasteiger partial charge on any atom is 0.183 e. The summed E-state index contributed by atoms with van der Waals surface area (Å²) in [6.45, 7) is 2.32. The molecular formula is C19H18ClNO3S. The Labute approximate surface area is 152 Å². The third-order valence-corrected chi connectivity index (χ3v) is 7.15. The van der Waals surface area contributed by atoms with Crippen molar-refractivity contribution in [3.05, 3.63) is 65.2 Å². The lowest BCUT2D eigenvalue weighted by Gasteiger charge is -2.09. The van der Waals surface area contributed by atoms with E-state index in [1.165, 1.54) is 0 Å². The van der Waals surface area contributed by atoms with Crippen LogP contribution < -0.4 is 0 Å². The predicted molar refractivity (Wildman–Crippen MR) is 96.1 cm³/mol. The summed E-state index contributed by atoms with van der Waals surface area (Å²) in [5.41, 5.74) is -0.353. The van der Waals surface area contributed by atoms with E-state index in [9.17, 15) is 13.7 Å². The van der Waals surface area contributed by atoms with Crippen LogP contribution >= 0.6 is 11.6 Å². The predicted octanol–water partition coefficient (Wildman–Crippen LogP) is 3.83. The zero-order chi connectivity index (χ0) is 18.1. The Morgan fingerprint density at radius 1 is 1.20 bits per heavy atom. The average molecular weight is 376 g/mol.